The second kappa shape index (κ2) is 6.24. The first-order valence-corrected chi connectivity index (χ1v) is 8.25. The van der Waals surface area contributed by atoms with Gasteiger partial charge in [-0.2, -0.15) is 5.10 Å². The molecule has 0 radical (unpaired) electrons. The molecular formula is C18H22BN3O3. The molecule has 0 aliphatic carbocycles. The first-order valence-electron chi connectivity index (χ1n) is 8.25. The highest BCUT2D eigenvalue weighted by molar-refractivity contribution is 6.62. The largest absolute Gasteiger partial charge is 0.495 e. The highest BCUT2D eigenvalue weighted by Crippen LogP contribution is 2.36. The third-order valence-electron chi connectivity index (χ3n) is 4.85. The van der Waals surface area contributed by atoms with Crippen LogP contribution in [0.1, 0.15) is 43.7 Å². The highest BCUT2D eigenvalue weighted by atomic mass is 16.7. The third kappa shape index (κ3) is 3.43. The van der Waals surface area contributed by atoms with E-state index in [-0.39, 0.29) is 11.6 Å². The van der Waals surface area contributed by atoms with Crippen LogP contribution in [0.15, 0.2) is 36.5 Å². The minimum absolute atomic E-state index is 0.264. The monoisotopic (exact) mass is 339 g/mol. The zero-order chi connectivity index (χ0) is 18.2. The average molecular weight is 339 g/mol. The number of hydrogen-bond donors (Lipinski definition) is 1. The maximum atomic E-state index is 12.3. The number of nitrogens with zero attached hydrogens (tertiary/aromatic N) is 2. The molecule has 1 amide bonds. The van der Waals surface area contributed by atoms with Gasteiger partial charge in [-0.05, 0) is 64.3 Å². The summed E-state index contributed by atoms with van der Waals surface area (Å²) in [6.45, 7) is 10.1. The number of carbonyl (C=O) groups is 1. The Morgan fingerprint density at radius 3 is 2.40 bits per heavy atom. The number of nitrogens with one attached hydrogen (secondary N) is 1. The van der Waals surface area contributed by atoms with Crippen molar-refractivity contribution in [3.8, 4) is 0 Å². The minimum Gasteiger partial charge on any atom is -0.399 e. The molecule has 1 N–H and O–H groups in total. The van der Waals surface area contributed by atoms with Crippen LogP contribution in [-0.4, -0.2) is 34.4 Å². The fourth-order valence-electron chi connectivity index (χ4n) is 2.56. The molecule has 2 heterocycles. The summed E-state index contributed by atoms with van der Waals surface area (Å²) in [5.74, 6) is -0.308. The van der Waals surface area contributed by atoms with Gasteiger partial charge in [-0.15, -0.1) is 5.10 Å². The Morgan fingerprint density at radius 1 is 1.12 bits per heavy atom. The molecule has 1 aromatic heterocycles. The van der Waals surface area contributed by atoms with Gasteiger partial charge in [0.15, 0.2) is 5.69 Å². The Morgan fingerprint density at radius 2 is 1.80 bits per heavy atom. The van der Waals surface area contributed by atoms with E-state index in [1.807, 2.05) is 52.8 Å². The normalized spacial score (nSPS) is 18.2. The molecule has 7 heteroatoms. The van der Waals surface area contributed by atoms with Crippen LogP contribution >= 0.6 is 0 Å². The Bertz CT molecular complexity index is 777. The Labute approximate surface area is 148 Å². The molecule has 1 aliphatic heterocycles. The van der Waals surface area contributed by atoms with Gasteiger partial charge in [-0.1, -0.05) is 11.6 Å². The van der Waals surface area contributed by atoms with Crippen LogP contribution < -0.4 is 10.8 Å². The molecule has 1 aliphatic rings. The van der Waals surface area contributed by atoms with E-state index in [1.54, 1.807) is 12.1 Å². The van der Waals surface area contributed by atoms with Crippen molar-refractivity contribution in [1.82, 2.24) is 10.2 Å². The number of benzene rings is 1. The summed E-state index contributed by atoms with van der Waals surface area (Å²) >= 11 is 0. The maximum absolute atomic E-state index is 12.3. The molecule has 0 unspecified atom stereocenters. The van der Waals surface area contributed by atoms with Gasteiger partial charge in [0.2, 0.25) is 0 Å². The van der Waals surface area contributed by atoms with E-state index < -0.39 is 18.3 Å². The van der Waals surface area contributed by atoms with E-state index in [9.17, 15) is 4.79 Å². The van der Waals surface area contributed by atoms with Crippen molar-refractivity contribution in [3.05, 3.63) is 47.8 Å². The van der Waals surface area contributed by atoms with Crippen molar-refractivity contribution in [3.63, 3.8) is 0 Å². The number of amides is 1. The topological polar surface area (TPSA) is 73.3 Å². The summed E-state index contributed by atoms with van der Waals surface area (Å²) < 4.78 is 12.2. The molecule has 2 aromatic rings. The molecule has 130 valence electrons. The van der Waals surface area contributed by atoms with E-state index in [2.05, 4.69) is 15.5 Å². The van der Waals surface area contributed by atoms with E-state index in [1.165, 1.54) is 6.20 Å². The van der Waals surface area contributed by atoms with Gasteiger partial charge in [0, 0.05) is 11.9 Å². The standard InChI is InChI=1S/C18H22BN3O3/c1-12-8-9-13(21-16(23)15-7-6-10-20-22-15)11-14(12)19-24-17(2,3)18(4,5)25-19/h6-11H,1-5H3,(H,21,23). The van der Waals surface area contributed by atoms with Crippen LogP contribution in [0.2, 0.25) is 0 Å². The summed E-state index contributed by atoms with van der Waals surface area (Å²) in [5, 5.41) is 10.4. The van der Waals surface area contributed by atoms with Gasteiger partial charge in [-0.25, -0.2) is 0 Å². The van der Waals surface area contributed by atoms with Crippen molar-refractivity contribution in [2.24, 2.45) is 0 Å². The fourth-order valence-corrected chi connectivity index (χ4v) is 2.56. The molecule has 25 heavy (non-hydrogen) atoms. The molecule has 1 aromatic carbocycles. The first kappa shape index (κ1) is 17.6. The van der Waals surface area contributed by atoms with Crippen LogP contribution in [0.4, 0.5) is 5.69 Å². The van der Waals surface area contributed by atoms with E-state index in [0.29, 0.717) is 5.69 Å². The fraction of sp³-hybridized carbons (Fsp3) is 0.389. The van der Waals surface area contributed by atoms with Crippen LogP contribution in [-0.2, 0) is 9.31 Å². The number of aryl methyl sites for hydroxylation is 1. The van der Waals surface area contributed by atoms with Crippen molar-refractivity contribution in [2.45, 2.75) is 45.8 Å². The Hall–Kier alpha value is -2.25. The quantitative estimate of drug-likeness (QED) is 0.869. The summed E-state index contributed by atoms with van der Waals surface area (Å²) in [7, 11) is -0.474. The van der Waals surface area contributed by atoms with E-state index in [4.69, 9.17) is 9.31 Å². The lowest BCUT2D eigenvalue weighted by atomic mass is 9.76. The van der Waals surface area contributed by atoms with Crippen molar-refractivity contribution >= 4 is 24.2 Å². The van der Waals surface area contributed by atoms with Gasteiger partial charge in [-0.3, -0.25) is 4.79 Å². The first-order chi connectivity index (χ1) is 11.7. The molecule has 1 saturated heterocycles. The van der Waals surface area contributed by atoms with Crippen LogP contribution in [0.25, 0.3) is 0 Å². The van der Waals surface area contributed by atoms with Crippen LogP contribution in [0, 0.1) is 6.92 Å². The van der Waals surface area contributed by atoms with Crippen molar-refractivity contribution in [2.75, 3.05) is 5.32 Å². The molecular weight excluding hydrogens is 317 g/mol. The molecule has 0 saturated carbocycles. The zero-order valence-corrected chi connectivity index (χ0v) is 15.2. The SMILES string of the molecule is Cc1ccc(NC(=O)c2cccnn2)cc1B1OC(C)(C)C(C)(C)O1. The number of anilines is 1. The van der Waals surface area contributed by atoms with Crippen molar-refractivity contribution in [1.29, 1.82) is 0 Å². The number of hydrogen-bond acceptors (Lipinski definition) is 5. The lowest BCUT2D eigenvalue weighted by molar-refractivity contribution is 0.00578. The van der Waals surface area contributed by atoms with E-state index in [0.717, 1.165) is 11.0 Å². The zero-order valence-electron chi connectivity index (χ0n) is 15.2. The number of aromatic nitrogens is 2. The van der Waals surface area contributed by atoms with Gasteiger partial charge in [0.1, 0.15) is 0 Å². The van der Waals surface area contributed by atoms with Crippen molar-refractivity contribution < 1.29 is 14.1 Å². The van der Waals surface area contributed by atoms with E-state index >= 15 is 0 Å². The van der Waals surface area contributed by atoms with Crippen LogP contribution in [0.5, 0.6) is 0 Å². The van der Waals surface area contributed by atoms with Gasteiger partial charge in [0.05, 0.1) is 11.2 Å². The molecule has 0 atom stereocenters. The smallest absolute Gasteiger partial charge is 0.399 e. The predicted octanol–water partition coefficient (Wildman–Crippen LogP) is 2.34. The predicted molar refractivity (Wildman–Crippen MR) is 96.9 cm³/mol. The molecule has 1 fully saturated rings. The van der Waals surface area contributed by atoms with Gasteiger partial charge in [0.25, 0.3) is 5.91 Å². The molecule has 0 spiro atoms. The summed E-state index contributed by atoms with van der Waals surface area (Å²) in [6.07, 6.45) is 1.53. The Kier molecular flexibility index (Phi) is 4.39. The van der Waals surface area contributed by atoms with Gasteiger partial charge < -0.3 is 14.6 Å². The second-order valence-corrected chi connectivity index (χ2v) is 7.22. The van der Waals surface area contributed by atoms with Gasteiger partial charge >= 0.3 is 7.12 Å². The Balaban J connectivity index is 1.83. The second-order valence-electron chi connectivity index (χ2n) is 7.22. The summed E-state index contributed by atoms with van der Waals surface area (Å²) in [5.41, 5.74) is 2.03. The molecule has 3 rings (SSSR count). The average Bonchev–Trinajstić information content (AvgIpc) is 2.78. The van der Waals surface area contributed by atoms with Crippen LogP contribution in [0.3, 0.4) is 0 Å². The molecule has 6 nitrogen and oxygen atoms in total. The highest BCUT2D eigenvalue weighted by Gasteiger charge is 2.52. The minimum atomic E-state index is -0.474. The number of rotatable bonds is 3. The molecule has 0 bridgehead atoms. The maximum Gasteiger partial charge on any atom is 0.495 e. The third-order valence-corrected chi connectivity index (χ3v) is 4.85. The lowest BCUT2D eigenvalue weighted by Gasteiger charge is -2.32. The summed E-state index contributed by atoms with van der Waals surface area (Å²) in [6, 6.07) is 8.95. The summed E-state index contributed by atoms with van der Waals surface area (Å²) in [4.78, 5) is 12.3. The lowest BCUT2D eigenvalue weighted by Crippen LogP contribution is -2.41. The number of carbonyl (C=O) groups excluding carboxylic acids is 1.